The number of hydrogen-bond donors (Lipinski definition) is 1. The molecule has 0 saturated heterocycles. The van der Waals surface area contributed by atoms with Crippen molar-refractivity contribution in [1.29, 1.82) is 0 Å². The van der Waals surface area contributed by atoms with Crippen LogP contribution in [0.25, 0.3) is 16.8 Å². The van der Waals surface area contributed by atoms with E-state index in [0.29, 0.717) is 21.4 Å². The van der Waals surface area contributed by atoms with Crippen LogP contribution in [0.2, 0.25) is 5.02 Å². The van der Waals surface area contributed by atoms with E-state index in [1.165, 1.54) is 17.3 Å². The van der Waals surface area contributed by atoms with E-state index >= 15 is 0 Å². The lowest BCUT2D eigenvalue weighted by atomic mass is 10.1. The molecule has 130 valence electrons. The maximum absolute atomic E-state index is 12.1. The number of hydrogen-bond acceptors (Lipinski definition) is 4. The predicted octanol–water partition coefficient (Wildman–Crippen LogP) is 4.34. The molecule has 0 aliphatic rings. The molecule has 0 radical (unpaired) electrons. The van der Waals surface area contributed by atoms with Crippen molar-refractivity contribution < 1.29 is 0 Å². The molecule has 0 unspecified atom stereocenters. The lowest BCUT2D eigenvalue weighted by Crippen LogP contribution is -2.13. The van der Waals surface area contributed by atoms with Crippen LogP contribution in [0, 0.1) is 6.92 Å². The molecule has 2 aromatic heterocycles. The highest BCUT2D eigenvalue weighted by Gasteiger charge is 2.12. The van der Waals surface area contributed by atoms with E-state index in [0.717, 1.165) is 16.8 Å². The molecular weight excluding hydrogens is 368 g/mol. The molecule has 2 heterocycles. The maximum atomic E-state index is 12.1. The van der Waals surface area contributed by atoms with Gasteiger partial charge in [-0.3, -0.25) is 4.79 Å². The van der Waals surface area contributed by atoms with Crippen molar-refractivity contribution >= 4 is 28.9 Å². The van der Waals surface area contributed by atoms with Crippen molar-refractivity contribution in [2.75, 3.05) is 0 Å². The average molecular weight is 383 g/mol. The third-order valence-corrected chi connectivity index (χ3v) is 5.26. The zero-order chi connectivity index (χ0) is 18.1. The number of thioether (sulfide) groups is 1. The molecule has 7 heteroatoms. The molecule has 0 saturated carbocycles. The second-order valence-electron chi connectivity index (χ2n) is 5.94. The number of benzene rings is 2. The minimum atomic E-state index is -0.258. The molecule has 0 aliphatic heterocycles. The van der Waals surface area contributed by atoms with Crippen molar-refractivity contribution in [1.82, 2.24) is 19.8 Å². The van der Waals surface area contributed by atoms with Crippen LogP contribution >= 0.6 is 23.4 Å². The first-order valence-electron chi connectivity index (χ1n) is 8.03. The third kappa shape index (κ3) is 3.38. The summed E-state index contributed by atoms with van der Waals surface area (Å²) >= 11 is 7.43. The van der Waals surface area contributed by atoms with Crippen LogP contribution in [0.15, 0.2) is 64.5 Å². The third-order valence-electron chi connectivity index (χ3n) is 4.00. The summed E-state index contributed by atoms with van der Waals surface area (Å²) in [6.07, 6.45) is 0. The van der Waals surface area contributed by atoms with E-state index in [4.69, 9.17) is 11.6 Å². The monoisotopic (exact) mass is 382 g/mol. The molecule has 0 amide bonds. The van der Waals surface area contributed by atoms with Crippen molar-refractivity contribution in [3.05, 3.63) is 81.1 Å². The van der Waals surface area contributed by atoms with Crippen LogP contribution in [0.5, 0.6) is 0 Å². The first kappa shape index (κ1) is 16.9. The summed E-state index contributed by atoms with van der Waals surface area (Å²) in [4.78, 5) is 12.1. The van der Waals surface area contributed by atoms with Crippen molar-refractivity contribution in [3.8, 4) is 11.3 Å². The van der Waals surface area contributed by atoms with E-state index in [9.17, 15) is 4.79 Å². The van der Waals surface area contributed by atoms with Crippen molar-refractivity contribution in [2.45, 2.75) is 17.8 Å². The first-order chi connectivity index (χ1) is 12.6. The SMILES string of the molecule is Cc1ccc(-c2cc3c(=O)[nH]nc(SCc4ccc(Cl)cc4)n3n2)cc1. The van der Waals surface area contributed by atoms with Gasteiger partial charge in [0.05, 0.1) is 5.69 Å². The predicted molar refractivity (Wildman–Crippen MR) is 105 cm³/mol. The van der Waals surface area contributed by atoms with Gasteiger partial charge in [0.1, 0.15) is 5.52 Å². The van der Waals surface area contributed by atoms with Crippen LogP contribution in [-0.4, -0.2) is 19.8 Å². The molecule has 4 aromatic rings. The summed E-state index contributed by atoms with van der Waals surface area (Å²) in [5.74, 6) is 0.699. The summed E-state index contributed by atoms with van der Waals surface area (Å²) in [5, 5.41) is 12.6. The van der Waals surface area contributed by atoms with Gasteiger partial charge in [-0.2, -0.15) is 5.10 Å². The van der Waals surface area contributed by atoms with Crippen molar-refractivity contribution in [2.24, 2.45) is 0 Å². The van der Waals surface area contributed by atoms with Gasteiger partial charge in [-0.1, -0.05) is 65.3 Å². The highest BCUT2D eigenvalue weighted by molar-refractivity contribution is 7.98. The molecule has 0 fully saturated rings. The average Bonchev–Trinajstić information content (AvgIpc) is 3.10. The van der Waals surface area contributed by atoms with Crippen LogP contribution < -0.4 is 5.56 Å². The molecule has 0 aliphatic carbocycles. The number of aromatic amines is 1. The van der Waals surface area contributed by atoms with Gasteiger partial charge in [-0.05, 0) is 30.7 Å². The number of rotatable bonds is 4. The number of halogens is 1. The molecular formula is C19H15ClN4OS. The van der Waals surface area contributed by atoms with E-state index in [-0.39, 0.29) is 5.56 Å². The molecule has 5 nitrogen and oxygen atoms in total. The zero-order valence-electron chi connectivity index (χ0n) is 13.9. The smallest absolute Gasteiger partial charge is 0.266 e. The van der Waals surface area contributed by atoms with E-state index in [2.05, 4.69) is 15.3 Å². The number of aryl methyl sites for hydroxylation is 1. The maximum Gasteiger partial charge on any atom is 0.290 e. The summed E-state index contributed by atoms with van der Waals surface area (Å²) in [5.41, 5.74) is 4.23. The van der Waals surface area contributed by atoms with E-state index in [1.807, 2.05) is 55.5 Å². The van der Waals surface area contributed by atoms with Crippen LogP contribution in [-0.2, 0) is 5.75 Å². The van der Waals surface area contributed by atoms with Gasteiger partial charge in [-0.25, -0.2) is 9.61 Å². The van der Waals surface area contributed by atoms with Crippen LogP contribution in [0.4, 0.5) is 0 Å². The van der Waals surface area contributed by atoms with Crippen LogP contribution in [0.1, 0.15) is 11.1 Å². The first-order valence-corrected chi connectivity index (χ1v) is 9.39. The largest absolute Gasteiger partial charge is 0.290 e. The number of nitrogens with zero attached hydrogens (tertiary/aromatic N) is 3. The molecule has 4 rings (SSSR count). The standard InChI is InChI=1S/C19H15ClN4OS/c1-12-2-6-14(7-3-12)16-10-17-18(25)21-22-19(24(17)23-16)26-11-13-4-8-15(20)9-5-13/h2-10H,11H2,1H3,(H,21,25). The topological polar surface area (TPSA) is 63.0 Å². The molecule has 0 spiro atoms. The second-order valence-corrected chi connectivity index (χ2v) is 7.32. The summed E-state index contributed by atoms with van der Waals surface area (Å²) < 4.78 is 1.61. The number of aromatic nitrogens is 4. The van der Waals surface area contributed by atoms with Gasteiger partial charge in [0.15, 0.2) is 0 Å². The van der Waals surface area contributed by atoms with E-state index < -0.39 is 0 Å². The number of fused-ring (bicyclic) bond motifs is 1. The van der Waals surface area contributed by atoms with Gasteiger partial charge in [0, 0.05) is 16.3 Å². The van der Waals surface area contributed by atoms with Gasteiger partial charge in [-0.15, -0.1) is 5.10 Å². The Morgan fingerprint density at radius 1 is 1.12 bits per heavy atom. The Hall–Kier alpha value is -2.57. The van der Waals surface area contributed by atoms with Gasteiger partial charge in [0.25, 0.3) is 5.56 Å². The van der Waals surface area contributed by atoms with Gasteiger partial charge < -0.3 is 0 Å². The Bertz CT molecular complexity index is 1120. The van der Waals surface area contributed by atoms with Gasteiger partial charge in [0.2, 0.25) is 5.16 Å². The molecule has 2 aromatic carbocycles. The molecule has 0 bridgehead atoms. The summed E-state index contributed by atoms with van der Waals surface area (Å²) in [6.45, 7) is 2.04. The molecule has 0 atom stereocenters. The minimum absolute atomic E-state index is 0.258. The molecule has 1 N–H and O–H groups in total. The Kier molecular flexibility index (Phi) is 4.53. The van der Waals surface area contributed by atoms with Crippen molar-refractivity contribution in [3.63, 3.8) is 0 Å². The fourth-order valence-corrected chi connectivity index (χ4v) is 3.57. The molecule has 26 heavy (non-hydrogen) atoms. The zero-order valence-corrected chi connectivity index (χ0v) is 15.5. The second kappa shape index (κ2) is 6.97. The van der Waals surface area contributed by atoms with E-state index in [1.54, 1.807) is 10.6 Å². The Labute approximate surface area is 159 Å². The highest BCUT2D eigenvalue weighted by Crippen LogP contribution is 2.24. The minimum Gasteiger partial charge on any atom is -0.266 e. The lowest BCUT2D eigenvalue weighted by Gasteiger charge is -2.03. The summed E-state index contributed by atoms with van der Waals surface area (Å²) in [6, 6.07) is 17.5. The fraction of sp³-hybridized carbons (Fsp3) is 0.105. The Morgan fingerprint density at radius 2 is 1.85 bits per heavy atom. The highest BCUT2D eigenvalue weighted by atomic mass is 35.5. The summed E-state index contributed by atoms with van der Waals surface area (Å²) in [7, 11) is 0. The van der Waals surface area contributed by atoms with Gasteiger partial charge >= 0.3 is 0 Å². The quantitative estimate of drug-likeness (QED) is 0.533. The number of nitrogens with one attached hydrogen (secondary N) is 1. The normalized spacial score (nSPS) is 11.2. The number of H-pyrrole nitrogens is 1. The fourth-order valence-electron chi connectivity index (χ4n) is 2.58. The lowest BCUT2D eigenvalue weighted by molar-refractivity contribution is 0.728. The Morgan fingerprint density at radius 3 is 2.58 bits per heavy atom. The van der Waals surface area contributed by atoms with Crippen LogP contribution in [0.3, 0.4) is 0 Å². The Balaban J connectivity index is 1.69.